The Balaban J connectivity index is 1.75. The van der Waals surface area contributed by atoms with Crippen LogP contribution in [-0.4, -0.2) is 48.3 Å². The Morgan fingerprint density at radius 2 is 1.83 bits per heavy atom. The number of thiophene rings is 1. The van der Waals surface area contributed by atoms with E-state index < -0.39 is 16.8 Å². The van der Waals surface area contributed by atoms with Crippen molar-refractivity contribution >= 4 is 39.8 Å². The third-order valence-electron chi connectivity index (χ3n) is 4.93. The number of nitrogens with one attached hydrogen (secondary N) is 1. The summed E-state index contributed by atoms with van der Waals surface area (Å²) >= 11 is 0.987. The molecule has 0 atom stereocenters. The summed E-state index contributed by atoms with van der Waals surface area (Å²) in [6.45, 7) is 3.68. The van der Waals surface area contributed by atoms with Gasteiger partial charge in [0.1, 0.15) is 23.1 Å². The van der Waals surface area contributed by atoms with Gasteiger partial charge in [-0.2, -0.15) is 0 Å². The maximum atomic E-state index is 12.9. The number of amides is 2. The summed E-state index contributed by atoms with van der Waals surface area (Å²) in [5.74, 6) is -0.846. The number of nitro groups is 1. The fourth-order valence-electron chi connectivity index (χ4n) is 3.08. The number of nitro benzene ring substituents is 1. The number of non-ortho nitro benzene ring substituents is 1. The standard InChI is InChI=1S/C24H25N3O8S/c1-5-12-33-24(30)19-14(2)20(23(29)26(3)4)36-22(19)25-21(28)18-11-10-17(35-18)13-34-16-8-6-15(7-9-16)27(31)32/h6-11H,5,12-13H2,1-4H3,(H,25,28). The number of carbonyl (C=O) groups excluding carboxylic acids is 3. The zero-order valence-corrected chi connectivity index (χ0v) is 21.0. The molecule has 0 fully saturated rings. The van der Waals surface area contributed by atoms with Crippen molar-refractivity contribution in [2.75, 3.05) is 26.0 Å². The topological polar surface area (TPSA) is 141 Å². The first-order valence-electron chi connectivity index (χ1n) is 10.9. The lowest BCUT2D eigenvalue weighted by Gasteiger charge is -2.09. The molecule has 1 N–H and O–H groups in total. The number of hydrogen-bond donors (Lipinski definition) is 1. The van der Waals surface area contributed by atoms with Gasteiger partial charge in [-0.1, -0.05) is 6.92 Å². The third-order valence-corrected chi connectivity index (χ3v) is 6.12. The van der Waals surface area contributed by atoms with E-state index >= 15 is 0 Å². The molecule has 11 nitrogen and oxygen atoms in total. The maximum absolute atomic E-state index is 12.9. The fraction of sp³-hybridized carbons (Fsp3) is 0.292. The highest BCUT2D eigenvalue weighted by molar-refractivity contribution is 7.18. The quantitative estimate of drug-likeness (QED) is 0.233. The number of anilines is 1. The smallest absolute Gasteiger partial charge is 0.341 e. The number of esters is 1. The van der Waals surface area contributed by atoms with Crippen molar-refractivity contribution < 1.29 is 33.2 Å². The molecule has 12 heteroatoms. The highest BCUT2D eigenvalue weighted by atomic mass is 32.1. The molecule has 0 saturated carbocycles. The van der Waals surface area contributed by atoms with Gasteiger partial charge in [-0.05, 0) is 43.2 Å². The number of nitrogens with zero attached hydrogens (tertiary/aromatic N) is 2. The molecule has 2 aromatic heterocycles. The molecule has 0 aliphatic heterocycles. The molecular weight excluding hydrogens is 490 g/mol. The summed E-state index contributed by atoms with van der Waals surface area (Å²) in [5, 5.41) is 13.6. The second-order valence-electron chi connectivity index (χ2n) is 7.86. The van der Waals surface area contributed by atoms with Gasteiger partial charge in [0, 0.05) is 26.2 Å². The molecule has 2 amide bonds. The molecule has 0 radical (unpaired) electrons. The van der Waals surface area contributed by atoms with Crippen LogP contribution in [0.2, 0.25) is 0 Å². The molecule has 36 heavy (non-hydrogen) atoms. The molecule has 0 aliphatic carbocycles. The Hall–Kier alpha value is -4.19. The molecule has 3 aromatic rings. The fourth-order valence-corrected chi connectivity index (χ4v) is 4.29. The van der Waals surface area contributed by atoms with Gasteiger partial charge in [0.25, 0.3) is 17.5 Å². The van der Waals surface area contributed by atoms with Crippen LogP contribution in [0.4, 0.5) is 10.7 Å². The van der Waals surface area contributed by atoms with Crippen LogP contribution in [0.15, 0.2) is 40.8 Å². The zero-order chi connectivity index (χ0) is 26.4. The summed E-state index contributed by atoms with van der Waals surface area (Å²) in [7, 11) is 3.19. The Labute approximate surface area is 210 Å². The van der Waals surface area contributed by atoms with Crippen molar-refractivity contribution in [1.29, 1.82) is 0 Å². The molecule has 0 aliphatic rings. The second-order valence-corrected chi connectivity index (χ2v) is 8.88. The number of hydrogen-bond acceptors (Lipinski definition) is 9. The van der Waals surface area contributed by atoms with Crippen molar-refractivity contribution in [2.45, 2.75) is 26.9 Å². The average Bonchev–Trinajstić information content (AvgIpc) is 3.45. The van der Waals surface area contributed by atoms with E-state index in [-0.39, 0.29) is 41.1 Å². The van der Waals surface area contributed by atoms with Crippen LogP contribution in [0.3, 0.4) is 0 Å². The van der Waals surface area contributed by atoms with Gasteiger partial charge < -0.3 is 24.1 Å². The van der Waals surface area contributed by atoms with Crippen molar-refractivity contribution in [2.24, 2.45) is 0 Å². The van der Waals surface area contributed by atoms with Crippen LogP contribution in [0.25, 0.3) is 0 Å². The summed E-state index contributed by atoms with van der Waals surface area (Å²) in [6.07, 6.45) is 0.622. The Kier molecular flexibility index (Phi) is 8.43. The number of ether oxygens (including phenoxy) is 2. The van der Waals surface area contributed by atoms with E-state index in [0.717, 1.165) is 11.3 Å². The molecule has 0 spiro atoms. The van der Waals surface area contributed by atoms with Crippen LogP contribution in [0.5, 0.6) is 5.75 Å². The van der Waals surface area contributed by atoms with E-state index in [1.54, 1.807) is 27.1 Å². The Morgan fingerprint density at radius 1 is 1.14 bits per heavy atom. The molecule has 190 valence electrons. The largest absolute Gasteiger partial charge is 0.486 e. The minimum atomic E-state index is -0.629. The van der Waals surface area contributed by atoms with Crippen molar-refractivity contribution in [3.05, 3.63) is 74.0 Å². The highest BCUT2D eigenvalue weighted by Crippen LogP contribution is 2.35. The van der Waals surface area contributed by atoms with E-state index in [1.807, 2.05) is 6.92 Å². The van der Waals surface area contributed by atoms with Crippen molar-refractivity contribution in [3.63, 3.8) is 0 Å². The number of benzene rings is 1. The minimum Gasteiger partial charge on any atom is -0.486 e. The van der Waals surface area contributed by atoms with Crippen LogP contribution in [-0.2, 0) is 11.3 Å². The normalized spacial score (nSPS) is 10.6. The highest BCUT2D eigenvalue weighted by Gasteiger charge is 2.28. The first kappa shape index (κ1) is 26.4. The van der Waals surface area contributed by atoms with Crippen molar-refractivity contribution in [1.82, 2.24) is 4.90 Å². The lowest BCUT2D eigenvalue weighted by molar-refractivity contribution is -0.384. The third kappa shape index (κ3) is 6.08. The lowest BCUT2D eigenvalue weighted by atomic mass is 10.1. The summed E-state index contributed by atoms with van der Waals surface area (Å²) < 4.78 is 16.4. The molecule has 0 saturated heterocycles. The van der Waals surface area contributed by atoms with Crippen LogP contribution in [0, 0.1) is 17.0 Å². The predicted octanol–water partition coefficient (Wildman–Crippen LogP) is 4.66. The minimum absolute atomic E-state index is 0.0146. The molecule has 0 unspecified atom stereocenters. The molecule has 0 bridgehead atoms. The maximum Gasteiger partial charge on any atom is 0.341 e. The van der Waals surface area contributed by atoms with Gasteiger partial charge in [0.15, 0.2) is 5.76 Å². The van der Waals surface area contributed by atoms with Crippen LogP contribution < -0.4 is 10.1 Å². The Morgan fingerprint density at radius 3 is 2.44 bits per heavy atom. The van der Waals surface area contributed by atoms with E-state index in [9.17, 15) is 24.5 Å². The van der Waals surface area contributed by atoms with E-state index in [0.29, 0.717) is 28.4 Å². The van der Waals surface area contributed by atoms with Gasteiger partial charge in [-0.25, -0.2) is 4.79 Å². The first-order valence-corrected chi connectivity index (χ1v) is 11.7. The van der Waals surface area contributed by atoms with Gasteiger partial charge >= 0.3 is 5.97 Å². The molecule has 3 rings (SSSR count). The average molecular weight is 516 g/mol. The van der Waals surface area contributed by atoms with Crippen molar-refractivity contribution in [3.8, 4) is 5.75 Å². The number of furan rings is 1. The van der Waals surface area contributed by atoms with Crippen LogP contribution >= 0.6 is 11.3 Å². The summed E-state index contributed by atoms with van der Waals surface area (Å²) in [6, 6.07) is 8.55. The first-order chi connectivity index (χ1) is 17.1. The summed E-state index contributed by atoms with van der Waals surface area (Å²) in [5.41, 5.74) is 0.489. The van der Waals surface area contributed by atoms with E-state index in [1.165, 1.54) is 35.2 Å². The monoisotopic (exact) mass is 515 g/mol. The van der Waals surface area contributed by atoms with Gasteiger partial charge in [-0.15, -0.1) is 11.3 Å². The second kappa shape index (κ2) is 11.5. The molecule has 2 heterocycles. The summed E-state index contributed by atoms with van der Waals surface area (Å²) in [4.78, 5) is 50.1. The van der Waals surface area contributed by atoms with Gasteiger partial charge in [0.2, 0.25) is 0 Å². The lowest BCUT2D eigenvalue weighted by Crippen LogP contribution is -2.21. The SMILES string of the molecule is CCCOC(=O)c1c(NC(=O)c2ccc(COc3ccc([N+](=O)[O-])cc3)o2)sc(C(=O)N(C)C)c1C. The van der Waals surface area contributed by atoms with E-state index in [2.05, 4.69) is 5.32 Å². The zero-order valence-electron chi connectivity index (χ0n) is 20.2. The van der Waals surface area contributed by atoms with E-state index in [4.69, 9.17) is 13.9 Å². The number of carbonyl (C=O) groups is 3. The van der Waals surface area contributed by atoms with Gasteiger partial charge in [-0.3, -0.25) is 19.7 Å². The van der Waals surface area contributed by atoms with Crippen LogP contribution in [0.1, 0.15) is 55.3 Å². The predicted molar refractivity (Wildman–Crippen MR) is 132 cm³/mol. The van der Waals surface area contributed by atoms with Gasteiger partial charge in [0.05, 0.1) is 22.0 Å². The number of rotatable bonds is 10. The Bertz CT molecular complexity index is 1280. The molecule has 1 aromatic carbocycles. The molecular formula is C24H25N3O8S.